The first-order valence-electron chi connectivity index (χ1n) is 6.25. The molecule has 20 heavy (non-hydrogen) atoms. The average molecular weight is 264 g/mol. The average Bonchev–Trinajstić information content (AvgIpc) is 2.46. The summed E-state index contributed by atoms with van der Waals surface area (Å²) in [5, 5.41) is 0.816. The lowest BCUT2D eigenvalue weighted by molar-refractivity contribution is 0.101. The number of Topliss-reactive ketones (excluding diaryl/α,β-unsaturated/α-hetero) is 1. The van der Waals surface area contributed by atoms with Gasteiger partial charge >= 0.3 is 0 Å². The third-order valence-electron chi connectivity index (χ3n) is 3.23. The summed E-state index contributed by atoms with van der Waals surface area (Å²) in [6.45, 7) is 1.41. The number of pyridine rings is 2. The normalized spacial score (nSPS) is 10.7. The number of carbonyl (C=O) groups is 1. The maximum Gasteiger partial charge on any atom is 0.259 e. The Labute approximate surface area is 115 Å². The number of hydrogen-bond acceptors (Lipinski definition) is 3. The van der Waals surface area contributed by atoms with E-state index in [2.05, 4.69) is 9.97 Å². The molecular weight excluding hydrogens is 252 g/mol. The van der Waals surface area contributed by atoms with Crippen molar-refractivity contribution < 1.29 is 4.79 Å². The highest BCUT2D eigenvalue weighted by molar-refractivity contribution is 6.08. The van der Waals surface area contributed by atoms with Crippen molar-refractivity contribution in [2.24, 2.45) is 0 Å². The predicted molar refractivity (Wildman–Crippen MR) is 77.8 cm³/mol. The first-order chi connectivity index (χ1) is 9.68. The van der Waals surface area contributed by atoms with Crippen LogP contribution in [0.2, 0.25) is 0 Å². The number of rotatable bonds is 2. The van der Waals surface area contributed by atoms with Gasteiger partial charge in [0.2, 0.25) is 0 Å². The molecule has 2 heterocycles. The van der Waals surface area contributed by atoms with Crippen LogP contribution >= 0.6 is 0 Å². The molecule has 2 aromatic heterocycles. The zero-order valence-electron chi connectivity index (χ0n) is 10.9. The Kier molecular flexibility index (Phi) is 2.91. The van der Waals surface area contributed by atoms with Crippen LogP contribution in [-0.4, -0.2) is 15.8 Å². The van der Waals surface area contributed by atoms with Gasteiger partial charge in [0.25, 0.3) is 5.56 Å². The Hall–Kier alpha value is -2.75. The number of aromatic amines is 1. The number of nitrogens with one attached hydrogen (secondary N) is 1. The fraction of sp³-hybridized carbons (Fsp3) is 0.0625. The van der Waals surface area contributed by atoms with E-state index in [4.69, 9.17) is 0 Å². The van der Waals surface area contributed by atoms with E-state index in [0.717, 1.165) is 10.9 Å². The van der Waals surface area contributed by atoms with E-state index in [9.17, 15) is 9.59 Å². The summed E-state index contributed by atoms with van der Waals surface area (Å²) in [6.07, 6.45) is 3.24. The lowest BCUT2D eigenvalue weighted by Crippen LogP contribution is -2.18. The van der Waals surface area contributed by atoms with E-state index in [1.54, 1.807) is 18.5 Å². The molecule has 4 heteroatoms. The molecule has 1 N–H and O–H groups in total. The molecule has 0 aliphatic rings. The highest BCUT2D eigenvalue weighted by Crippen LogP contribution is 2.28. The summed E-state index contributed by atoms with van der Waals surface area (Å²) in [5.41, 5.74) is 1.95. The number of benzene rings is 1. The molecule has 0 saturated heterocycles. The molecule has 98 valence electrons. The molecule has 0 bridgehead atoms. The van der Waals surface area contributed by atoms with E-state index in [-0.39, 0.29) is 16.9 Å². The molecule has 0 aliphatic heterocycles. The highest BCUT2D eigenvalue weighted by Gasteiger charge is 2.17. The number of fused-ring (bicyclic) bond motifs is 1. The number of aromatic nitrogens is 2. The van der Waals surface area contributed by atoms with E-state index >= 15 is 0 Å². The van der Waals surface area contributed by atoms with Crippen LogP contribution in [0.25, 0.3) is 22.0 Å². The predicted octanol–water partition coefficient (Wildman–Crippen LogP) is 2.79. The third-order valence-corrected chi connectivity index (χ3v) is 3.23. The first kappa shape index (κ1) is 12.3. The molecule has 1 aromatic carbocycles. The topological polar surface area (TPSA) is 62.8 Å². The Morgan fingerprint density at radius 1 is 1.15 bits per heavy atom. The third kappa shape index (κ3) is 1.91. The Balaban J connectivity index is 2.52. The van der Waals surface area contributed by atoms with Crippen molar-refractivity contribution in [3.63, 3.8) is 0 Å². The smallest absolute Gasteiger partial charge is 0.259 e. The lowest BCUT2D eigenvalue weighted by atomic mass is 9.95. The molecule has 3 aromatic rings. The van der Waals surface area contributed by atoms with E-state index in [0.29, 0.717) is 11.1 Å². The van der Waals surface area contributed by atoms with Crippen molar-refractivity contribution >= 4 is 16.7 Å². The van der Waals surface area contributed by atoms with E-state index in [1.165, 1.54) is 6.92 Å². The Morgan fingerprint density at radius 2 is 1.90 bits per heavy atom. The van der Waals surface area contributed by atoms with Gasteiger partial charge in [-0.3, -0.25) is 14.6 Å². The standard InChI is InChI=1S/C16H12N2O2/c1-10(19)14-15(11-5-3-2-4-6-11)12-7-8-17-9-13(12)18-16(14)20/h2-9H,1H3,(H,18,20). The minimum atomic E-state index is -0.378. The zero-order valence-corrected chi connectivity index (χ0v) is 10.9. The molecular formula is C16H12N2O2. The summed E-state index contributed by atoms with van der Waals surface area (Å²) in [4.78, 5) is 30.8. The van der Waals surface area contributed by atoms with Crippen molar-refractivity contribution in [3.8, 4) is 11.1 Å². The molecule has 0 unspecified atom stereocenters. The van der Waals surface area contributed by atoms with Crippen molar-refractivity contribution in [1.29, 1.82) is 0 Å². The zero-order chi connectivity index (χ0) is 14.1. The molecule has 0 aliphatic carbocycles. The maximum absolute atomic E-state index is 12.2. The maximum atomic E-state index is 12.2. The SMILES string of the molecule is CC(=O)c1c(-c2ccccc2)c2ccncc2[nH]c1=O. The van der Waals surface area contributed by atoms with Crippen molar-refractivity contribution in [2.45, 2.75) is 6.92 Å². The Morgan fingerprint density at radius 3 is 2.60 bits per heavy atom. The van der Waals surface area contributed by atoms with Gasteiger partial charge in [-0.1, -0.05) is 30.3 Å². The molecule has 3 rings (SSSR count). The van der Waals surface area contributed by atoms with E-state index in [1.807, 2.05) is 30.3 Å². The van der Waals surface area contributed by atoms with Crippen LogP contribution in [0, 0.1) is 0 Å². The quantitative estimate of drug-likeness (QED) is 0.724. The Bertz CT molecular complexity index is 851. The minimum absolute atomic E-state index is 0.190. The molecule has 4 nitrogen and oxygen atoms in total. The fourth-order valence-electron chi connectivity index (χ4n) is 2.39. The van der Waals surface area contributed by atoms with Crippen LogP contribution in [0.15, 0.2) is 53.6 Å². The largest absolute Gasteiger partial charge is 0.320 e. The van der Waals surface area contributed by atoms with Crippen molar-refractivity contribution in [1.82, 2.24) is 9.97 Å². The molecule has 0 atom stereocenters. The van der Waals surface area contributed by atoms with Crippen LogP contribution in [0.5, 0.6) is 0 Å². The van der Waals surface area contributed by atoms with Crippen LogP contribution in [0.4, 0.5) is 0 Å². The van der Waals surface area contributed by atoms with Crippen molar-refractivity contribution in [3.05, 3.63) is 64.7 Å². The molecule has 0 amide bonds. The summed E-state index contributed by atoms with van der Waals surface area (Å²) >= 11 is 0. The van der Waals surface area contributed by atoms with Gasteiger partial charge in [-0.2, -0.15) is 0 Å². The van der Waals surface area contributed by atoms with Gasteiger partial charge in [-0.15, -0.1) is 0 Å². The summed E-state index contributed by atoms with van der Waals surface area (Å²) < 4.78 is 0. The first-order valence-corrected chi connectivity index (χ1v) is 6.25. The second-order valence-electron chi connectivity index (χ2n) is 4.55. The number of hydrogen-bond donors (Lipinski definition) is 1. The van der Waals surface area contributed by atoms with Crippen molar-refractivity contribution in [2.75, 3.05) is 0 Å². The van der Waals surface area contributed by atoms with Gasteiger partial charge in [0.15, 0.2) is 5.78 Å². The number of H-pyrrole nitrogens is 1. The molecule has 0 saturated carbocycles. The second kappa shape index (κ2) is 4.74. The van der Waals surface area contributed by atoms with Gasteiger partial charge in [-0.05, 0) is 18.6 Å². The van der Waals surface area contributed by atoms with Crippen LogP contribution in [0.1, 0.15) is 17.3 Å². The molecule has 0 fully saturated rings. The molecule has 0 spiro atoms. The van der Waals surface area contributed by atoms with E-state index < -0.39 is 0 Å². The summed E-state index contributed by atoms with van der Waals surface area (Å²) in [7, 11) is 0. The number of ketones is 1. The highest BCUT2D eigenvalue weighted by atomic mass is 16.1. The van der Waals surface area contributed by atoms with Crippen LogP contribution in [-0.2, 0) is 0 Å². The summed E-state index contributed by atoms with van der Waals surface area (Å²) in [6, 6.07) is 11.2. The van der Waals surface area contributed by atoms with Gasteiger partial charge in [0.05, 0.1) is 17.3 Å². The van der Waals surface area contributed by atoms with Gasteiger partial charge < -0.3 is 4.98 Å². The molecule has 0 radical (unpaired) electrons. The van der Waals surface area contributed by atoms with Gasteiger partial charge in [-0.25, -0.2) is 0 Å². The van der Waals surface area contributed by atoms with Gasteiger partial charge in [0, 0.05) is 17.1 Å². The van der Waals surface area contributed by atoms with Crippen LogP contribution < -0.4 is 5.56 Å². The lowest BCUT2D eigenvalue weighted by Gasteiger charge is -2.10. The second-order valence-corrected chi connectivity index (χ2v) is 4.55. The number of nitrogens with zero attached hydrogens (tertiary/aromatic N) is 1. The number of carbonyl (C=O) groups excluding carboxylic acids is 1. The summed E-state index contributed by atoms with van der Waals surface area (Å²) in [5.74, 6) is -0.246. The minimum Gasteiger partial charge on any atom is -0.320 e. The van der Waals surface area contributed by atoms with Crippen LogP contribution in [0.3, 0.4) is 0 Å². The fourth-order valence-corrected chi connectivity index (χ4v) is 2.39. The van der Waals surface area contributed by atoms with Gasteiger partial charge in [0.1, 0.15) is 0 Å². The monoisotopic (exact) mass is 264 g/mol.